The Morgan fingerprint density at radius 2 is 1.81 bits per heavy atom. The van der Waals surface area contributed by atoms with E-state index in [4.69, 9.17) is 5.84 Å². The van der Waals surface area contributed by atoms with Crippen LogP contribution in [-0.4, -0.2) is 14.5 Å². The fraction of sp³-hybridized carbons (Fsp3) is 0.400. The van der Waals surface area contributed by atoms with Gasteiger partial charge in [-0.25, -0.2) is 13.1 Å². The summed E-state index contributed by atoms with van der Waals surface area (Å²) in [6.07, 6.45) is 0. The van der Waals surface area contributed by atoms with Gasteiger partial charge in [-0.05, 0) is 31.5 Å². The molecule has 0 heterocycles. The number of anilines is 1. The first-order valence-corrected chi connectivity index (χ1v) is 6.64. The SMILES string of the molecule is CC(C)NS(=O)(=O)Cc1ccc(NN)cc1. The van der Waals surface area contributed by atoms with Crippen molar-refractivity contribution in [1.82, 2.24) is 4.72 Å². The van der Waals surface area contributed by atoms with Crippen LogP contribution in [0.5, 0.6) is 0 Å². The molecule has 4 N–H and O–H groups in total. The van der Waals surface area contributed by atoms with Gasteiger partial charge < -0.3 is 5.43 Å². The van der Waals surface area contributed by atoms with E-state index >= 15 is 0 Å². The molecule has 0 aromatic heterocycles. The molecule has 1 rings (SSSR count). The van der Waals surface area contributed by atoms with Crippen molar-refractivity contribution >= 4 is 15.7 Å². The third-order valence-corrected chi connectivity index (χ3v) is 3.44. The van der Waals surface area contributed by atoms with E-state index in [9.17, 15) is 8.42 Å². The number of sulfonamides is 1. The number of hydrogen-bond donors (Lipinski definition) is 3. The molecule has 5 nitrogen and oxygen atoms in total. The van der Waals surface area contributed by atoms with Gasteiger partial charge in [0, 0.05) is 11.7 Å². The molecule has 0 bridgehead atoms. The van der Waals surface area contributed by atoms with E-state index in [1.807, 2.05) is 0 Å². The van der Waals surface area contributed by atoms with E-state index in [1.165, 1.54) is 0 Å². The maximum Gasteiger partial charge on any atom is 0.216 e. The van der Waals surface area contributed by atoms with Gasteiger partial charge in [0.1, 0.15) is 0 Å². The summed E-state index contributed by atoms with van der Waals surface area (Å²) in [6.45, 7) is 3.58. The second-order valence-electron chi connectivity index (χ2n) is 3.87. The van der Waals surface area contributed by atoms with Gasteiger partial charge in [0.15, 0.2) is 0 Å². The Hall–Kier alpha value is -1.11. The van der Waals surface area contributed by atoms with Gasteiger partial charge in [0.25, 0.3) is 0 Å². The van der Waals surface area contributed by atoms with Crippen LogP contribution in [0.4, 0.5) is 5.69 Å². The van der Waals surface area contributed by atoms with E-state index in [0.717, 1.165) is 11.3 Å². The van der Waals surface area contributed by atoms with Crippen LogP contribution in [0, 0.1) is 0 Å². The van der Waals surface area contributed by atoms with Crippen molar-refractivity contribution in [1.29, 1.82) is 0 Å². The van der Waals surface area contributed by atoms with Crippen LogP contribution in [0.15, 0.2) is 24.3 Å². The van der Waals surface area contributed by atoms with Crippen LogP contribution in [0.3, 0.4) is 0 Å². The van der Waals surface area contributed by atoms with Crippen LogP contribution in [0.2, 0.25) is 0 Å². The summed E-state index contributed by atoms with van der Waals surface area (Å²) in [4.78, 5) is 0. The van der Waals surface area contributed by atoms with Gasteiger partial charge in [0.05, 0.1) is 5.75 Å². The van der Waals surface area contributed by atoms with E-state index in [0.29, 0.717) is 0 Å². The lowest BCUT2D eigenvalue weighted by atomic mass is 10.2. The van der Waals surface area contributed by atoms with Crippen LogP contribution in [-0.2, 0) is 15.8 Å². The molecule has 90 valence electrons. The molecule has 0 amide bonds. The fourth-order valence-electron chi connectivity index (χ4n) is 1.32. The molecule has 1 aromatic carbocycles. The summed E-state index contributed by atoms with van der Waals surface area (Å²) in [6, 6.07) is 6.85. The quantitative estimate of drug-likeness (QED) is 0.527. The largest absolute Gasteiger partial charge is 0.324 e. The average molecular weight is 243 g/mol. The summed E-state index contributed by atoms with van der Waals surface area (Å²) >= 11 is 0. The number of benzene rings is 1. The summed E-state index contributed by atoms with van der Waals surface area (Å²) < 4.78 is 25.8. The Balaban J connectivity index is 2.72. The van der Waals surface area contributed by atoms with Crippen molar-refractivity contribution in [3.63, 3.8) is 0 Å². The summed E-state index contributed by atoms with van der Waals surface area (Å²) in [5.74, 6) is 5.19. The molecule has 1 aromatic rings. The molecule has 0 aliphatic carbocycles. The number of nitrogens with one attached hydrogen (secondary N) is 2. The Morgan fingerprint density at radius 3 is 2.25 bits per heavy atom. The van der Waals surface area contributed by atoms with Gasteiger partial charge in [-0.2, -0.15) is 0 Å². The zero-order valence-corrected chi connectivity index (χ0v) is 10.2. The molecule has 0 aliphatic heterocycles. The summed E-state index contributed by atoms with van der Waals surface area (Å²) in [5, 5.41) is 0. The van der Waals surface area contributed by atoms with Crippen LogP contribution in [0.25, 0.3) is 0 Å². The molecular weight excluding hydrogens is 226 g/mol. The first-order valence-electron chi connectivity index (χ1n) is 4.98. The smallest absolute Gasteiger partial charge is 0.216 e. The number of rotatable bonds is 5. The number of hydrazine groups is 1. The predicted molar refractivity (Wildman–Crippen MR) is 65.1 cm³/mol. The molecule has 16 heavy (non-hydrogen) atoms. The topological polar surface area (TPSA) is 84.2 Å². The van der Waals surface area contributed by atoms with E-state index in [2.05, 4.69) is 10.1 Å². The maximum absolute atomic E-state index is 11.6. The molecule has 0 fully saturated rings. The molecule has 6 heteroatoms. The van der Waals surface area contributed by atoms with Crippen LogP contribution < -0.4 is 16.0 Å². The maximum atomic E-state index is 11.6. The zero-order valence-electron chi connectivity index (χ0n) is 9.40. The third kappa shape index (κ3) is 4.18. The standard InChI is InChI=1S/C10H17N3O2S/c1-8(2)13-16(14,15)7-9-3-5-10(12-11)6-4-9/h3-6,8,12-13H,7,11H2,1-2H3. The second kappa shape index (κ2) is 5.29. The predicted octanol–water partition coefficient (Wildman–Crippen LogP) is 0.800. The Morgan fingerprint density at radius 1 is 1.25 bits per heavy atom. The fourth-order valence-corrected chi connectivity index (χ4v) is 2.75. The van der Waals surface area contributed by atoms with Crippen LogP contribution in [0.1, 0.15) is 19.4 Å². The minimum Gasteiger partial charge on any atom is -0.324 e. The Kier molecular flexibility index (Phi) is 4.28. The molecule has 0 saturated heterocycles. The molecule has 0 atom stereocenters. The Bertz CT molecular complexity index is 426. The van der Waals surface area contributed by atoms with E-state index in [1.54, 1.807) is 38.1 Å². The highest BCUT2D eigenvalue weighted by Gasteiger charge is 2.12. The number of nitrogen functional groups attached to an aromatic ring is 1. The normalized spacial score (nSPS) is 11.8. The van der Waals surface area contributed by atoms with Crippen molar-refractivity contribution in [2.24, 2.45) is 5.84 Å². The average Bonchev–Trinajstić information content (AvgIpc) is 2.16. The highest BCUT2D eigenvalue weighted by Crippen LogP contribution is 2.10. The zero-order chi connectivity index (χ0) is 12.2. The van der Waals surface area contributed by atoms with Gasteiger partial charge in [-0.1, -0.05) is 12.1 Å². The second-order valence-corrected chi connectivity index (χ2v) is 5.63. The summed E-state index contributed by atoms with van der Waals surface area (Å²) in [5.41, 5.74) is 3.96. The van der Waals surface area contributed by atoms with Crippen molar-refractivity contribution < 1.29 is 8.42 Å². The van der Waals surface area contributed by atoms with Crippen LogP contribution >= 0.6 is 0 Å². The first kappa shape index (κ1) is 13.0. The van der Waals surface area contributed by atoms with Gasteiger partial charge in [-0.15, -0.1) is 0 Å². The van der Waals surface area contributed by atoms with Crippen molar-refractivity contribution in [3.8, 4) is 0 Å². The van der Waals surface area contributed by atoms with Gasteiger partial charge >= 0.3 is 0 Å². The van der Waals surface area contributed by atoms with E-state index in [-0.39, 0.29) is 11.8 Å². The van der Waals surface area contributed by atoms with Gasteiger partial charge in [-0.3, -0.25) is 5.84 Å². The monoisotopic (exact) mass is 243 g/mol. The molecule has 0 saturated carbocycles. The Labute approximate surface area is 96.1 Å². The number of nitrogens with two attached hydrogens (primary N) is 1. The minimum atomic E-state index is -3.26. The lowest BCUT2D eigenvalue weighted by molar-refractivity contribution is 0.569. The van der Waals surface area contributed by atoms with Gasteiger partial charge in [0.2, 0.25) is 10.0 Å². The highest BCUT2D eigenvalue weighted by atomic mass is 32.2. The molecular formula is C10H17N3O2S. The highest BCUT2D eigenvalue weighted by molar-refractivity contribution is 7.88. The van der Waals surface area contributed by atoms with Crippen molar-refractivity contribution in [2.75, 3.05) is 5.43 Å². The number of hydrogen-bond acceptors (Lipinski definition) is 4. The lowest BCUT2D eigenvalue weighted by Gasteiger charge is -2.09. The third-order valence-electron chi connectivity index (χ3n) is 1.89. The molecule has 0 spiro atoms. The molecule has 0 unspecified atom stereocenters. The lowest BCUT2D eigenvalue weighted by Crippen LogP contribution is -2.31. The first-order chi connectivity index (χ1) is 7.43. The van der Waals surface area contributed by atoms with Crippen molar-refractivity contribution in [3.05, 3.63) is 29.8 Å². The van der Waals surface area contributed by atoms with Crippen molar-refractivity contribution in [2.45, 2.75) is 25.6 Å². The summed E-state index contributed by atoms with van der Waals surface area (Å²) in [7, 11) is -3.26. The van der Waals surface area contributed by atoms with E-state index < -0.39 is 10.0 Å². The minimum absolute atomic E-state index is 0.0178. The molecule has 0 aliphatic rings. The molecule has 0 radical (unpaired) electrons.